The van der Waals surface area contributed by atoms with Crippen LogP contribution >= 0.6 is 0 Å². The highest BCUT2D eigenvalue weighted by Crippen LogP contribution is 2.29. The molecule has 1 amide bonds. The van der Waals surface area contributed by atoms with Crippen molar-refractivity contribution in [2.24, 2.45) is 5.16 Å². The molecule has 0 radical (unpaired) electrons. The fraction of sp³-hybridized carbons (Fsp3) is 0.333. The van der Waals surface area contributed by atoms with Crippen molar-refractivity contribution in [1.29, 1.82) is 0 Å². The summed E-state index contributed by atoms with van der Waals surface area (Å²) in [5, 5.41) is 9.22. The maximum absolute atomic E-state index is 14.2. The lowest BCUT2D eigenvalue weighted by Crippen LogP contribution is -2.45. The van der Waals surface area contributed by atoms with E-state index in [0.29, 0.717) is 0 Å². The van der Waals surface area contributed by atoms with Crippen molar-refractivity contribution >= 4 is 12.1 Å². The van der Waals surface area contributed by atoms with Crippen molar-refractivity contribution in [3.8, 4) is 11.4 Å². The van der Waals surface area contributed by atoms with E-state index in [1.807, 2.05) is 0 Å². The van der Waals surface area contributed by atoms with Crippen molar-refractivity contribution in [3.63, 3.8) is 0 Å². The van der Waals surface area contributed by atoms with Gasteiger partial charge in [-0.2, -0.15) is 18.2 Å². The number of carbonyl (C=O) groups excluding carboxylic acids is 1. The molecule has 2 rings (SSSR count). The van der Waals surface area contributed by atoms with Gasteiger partial charge >= 0.3 is 12.1 Å². The van der Waals surface area contributed by atoms with E-state index in [4.69, 9.17) is 0 Å². The molecule has 1 heterocycles. The predicted octanol–water partition coefficient (Wildman–Crippen LogP) is 3.04. The average Bonchev–Trinajstić information content (AvgIpc) is 3.02. The Hall–Kier alpha value is -2.98. The molecule has 11 heteroatoms. The monoisotopic (exact) mass is 374 g/mol. The van der Waals surface area contributed by atoms with Crippen molar-refractivity contribution in [2.45, 2.75) is 25.6 Å². The number of hydrogen-bond donors (Lipinski definition) is 1. The van der Waals surface area contributed by atoms with E-state index in [1.165, 1.54) is 19.4 Å². The zero-order chi connectivity index (χ0) is 19.5. The highest BCUT2D eigenvalue weighted by Gasteiger charge is 2.38. The number of alkyl halides is 3. The van der Waals surface area contributed by atoms with Gasteiger partial charge in [-0.15, -0.1) is 0 Å². The first-order valence-electron chi connectivity index (χ1n) is 7.14. The molecule has 0 aliphatic heterocycles. The molecular formula is C15H14F4N4O3. The third-order valence-corrected chi connectivity index (χ3v) is 3.06. The number of aromatic nitrogens is 2. The molecule has 0 bridgehead atoms. The maximum atomic E-state index is 14.2. The van der Waals surface area contributed by atoms with Gasteiger partial charge in [0, 0.05) is 5.56 Å². The highest BCUT2D eigenvalue weighted by molar-refractivity contribution is 5.97. The minimum atomic E-state index is -4.81. The van der Waals surface area contributed by atoms with E-state index in [1.54, 1.807) is 13.8 Å². The summed E-state index contributed by atoms with van der Waals surface area (Å²) in [5.74, 6) is -3.70. The molecule has 140 valence electrons. The molecule has 2 aromatic rings. The number of benzene rings is 1. The van der Waals surface area contributed by atoms with Gasteiger partial charge < -0.3 is 14.7 Å². The van der Waals surface area contributed by atoms with E-state index in [-0.39, 0.29) is 11.1 Å². The van der Waals surface area contributed by atoms with Crippen LogP contribution in [0.25, 0.3) is 11.4 Å². The van der Waals surface area contributed by atoms with Crippen LogP contribution in [0.2, 0.25) is 0 Å². The van der Waals surface area contributed by atoms with Gasteiger partial charge in [-0.05, 0) is 26.0 Å². The Kier molecular flexibility index (Phi) is 5.28. The SMILES string of the molecule is CON=CC(C)(C)NC(=O)c1ccc(-c2noc(C(F)(F)F)n2)cc1F. The summed E-state index contributed by atoms with van der Waals surface area (Å²) in [6.07, 6.45) is -3.49. The summed E-state index contributed by atoms with van der Waals surface area (Å²) in [5.41, 5.74) is -1.31. The molecule has 1 N–H and O–H groups in total. The lowest BCUT2D eigenvalue weighted by molar-refractivity contribution is -0.159. The summed E-state index contributed by atoms with van der Waals surface area (Å²) in [4.78, 5) is 19.9. The Morgan fingerprint density at radius 1 is 1.35 bits per heavy atom. The molecule has 0 atom stereocenters. The van der Waals surface area contributed by atoms with E-state index >= 15 is 0 Å². The molecule has 0 aliphatic carbocycles. The number of nitrogens with one attached hydrogen (secondary N) is 1. The fourth-order valence-corrected chi connectivity index (χ4v) is 1.87. The second kappa shape index (κ2) is 7.10. The molecule has 1 aromatic carbocycles. The first-order chi connectivity index (χ1) is 12.0. The normalized spacial score (nSPS) is 12.4. The van der Waals surface area contributed by atoms with Crippen LogP contribution in [0.3, 0.4) is 0 Å². The van der Waals surface area contributed by atoms with Gasteiger partial charge in [-0.25, -0.2) is 4.39 Å². The zero-order valence-corrected chi connectivity index (χ0v) is 13.9. The summed E-state index contributed by atoms with van der Waals surface area (Å²) >= 11 is 0. The Morgan fingerprint density at radius 2 is 2.04 bits per heavy atom. The van der Waals surface area contributed by atoms with Crippen LogP contribution in [-0.4, -0.2) is 34.9 Å². The van der Waals surface area contributed by atoms with Gasteiger partial charge in [0.25, 0.3) is 5.91 Å². The summed E-state index contributed by atoms with van der Waals surface area (Å²) < 4.78 is 55.7. The molecule has 0 saturated heterocycles. The number of amides is 1. The first-order valence-corrected chi connectivity index (χ1v) is 7.14. The number of oxime groups is 1. The summed E-state index contributed by atoms with van der Waals surface area (Å²) in [6.45, 7) is 3.22. The molecule has 0 spiro atoms. The third kappa shape index (κ3) is 4.55. The minimum Gasteiger partial charge on any atom is -0.399 e. The van der Waals surface area contributed by atoms with E-state index in [2.05, 4.69) is 30.0 Å². The molecule has 7 nitrogen and oxygen atoms in total. The second-order valence-corrected chi connectivity index (χ2v) is 5.71. The molecule has 0 saturated carbocycles. The lowest BCUT2D eigenvalue weighted by atomic mass is 10.1. The van der Waals surface area contributed by atoms with Gasteiger partial charge in [0.15, 0.2) is 0 Å². The largest absolute Gasteiger partial charge is 0.471 e. The Morgan fingerprint density at radius 3 is 2.58 bits per heavy atom. The smallest absolute Gasteiger partial charge is 0.399 e. The topological polar surface area (TPSA) is 89.6 Å². The van der Waals surface area contributed by atoms with Crippen LogP contribution in [0.1, 0.15) is 30.1 Å². The second-order valence-electron chi connectivity index (χ2n) is 5.71. The van der Waals surface area contributed by atoms with E-state index in [9.17, 15) is 22.4 Å². The zero-order valence-electron chi connectivity index (χ0n) is 13.9. The van der Waals surface area contributed by atoms with Crippen molar-refractivity contribution in [2.75, 3.05) is 7.11 Å². The quantitative estimate of drug-likeness (QED) is 0.494. The van der Waals surface area contributed by atoms with Crippen LogP contribution in [0.4, 0.5) is 17.6 Å². The van der Waals surface area contributed by atoms with E-state index in [0.717, 1.165) is 12.1 Å². The van der Waals surface area contributed by atoms with Crippen molar-refractivity contribution < 1.29 is 31.7 Å². The molecule has 0 fully saturated rings. The Balaban J connectivity index is 2.23. The molecule has 1 aromatic heterocycles. The Labute approximate surface area is 145 Å². The van der Waals surface area contributed by atoms with Crippen LogP contribution < -0.4 is 5.32 Å². The molecule has 0 aliphatic rings. The maximum Gasteiger partial charge on any atom is 0.471 e. The van der Waals surface area contributed by atoms with Gasteiger partial charge in [0.05, 0.1) is 17.3 Å². The first kappa shape index (κ1) is 19.3. The number of carbonyl (C=O) groups is 1. The summed E-state index contributed by atoms with van der Waals surface area (Å²) in [6, 6.07) is 3.16. The molecule has 26 heavy (non-hydrogen) atoms. The Bertz CT molecular complexity index is 831. The van der Waals surface area contributed by atoms with Crippen LogP contribution in [0, 0.1) is 5.82 Å². The van der Waals surface area contributed by atoms with Gasteiger partial charge in [0.2, 0.25) is 5.82 Å². The van der Waals surface area contributed by atoms with Crippen LogP contribution in [-0.2, 0) is 11.0 Å². The van der Waals surface area contributed by atoms with Crippen molar-refractivity contribution in [3.05, 3.63) is 35.5 Å². The summed E-state index contributed by atoms with van der Waals surface area (Å²) in [7, 11) is 1.33. The standard InChI is InChI=1S/C15H14F4N4O3/c1-14(2,7-20-25-3)22-12(24)9-5-4-8(6-10(9)16)11-21-13(26-23-11)15(17,18)19/h4-7H,1-3H3,(H,22,24). The number of nitrogens with zero attached hydrogens (tertiary/aromatic N) is 3. The van der Waals surface area contributed by atoms with Crippen molar-refractivity contribution in [1.82, 2.24) is 15.5 Å². The highest BCUT2D eigenvalue weighted by atomic mass is 19.4. The third-order valence-electron chi connectivity index (χ3n) is 3.06. The van der Waals surface area contributed by atoms with Crippen LogP contribution in [0.5, 0.6) is 0 Å². The lowest BCUT2D eigenvalue weighted by Gasteiger charge is -2.21. The number of hydrogen-bond acceptors (Lipinski definition) is 6. The predicted molar refractivity (Wildman–Crippen MR) is 81.7 cm³/mol. The molecule has 0 unspecified atom stereocenters. The van der Waals surface area contributed by atoms with E-state index < -0.39 is 35.2 Å². The fourth-order valence-electron chi connectivity index (χ4n) is 1.87. The molecular weight excluding hydrogens is 360 g/mol. The minimum absolute atomic E-state index is 0.0708. The van der Waals surface area contributed by atoms with Crippen LogP contribution in [0.15, 0.2) is 27.9 Å². The van der Waals surface area contributed by atoms with Gasteiger partial charge in [0.1, 0.15) is 12.9 Å². The average molecular weight is 374 g/mol. The van der Waals surface area contributed by atoms with Gasteiger partial charge in [-0.1, -0.05) is 16.4 Å². The van der Waals surface area contributed by atoms with Gasteiger partial charge in [-0.3, -0.25) is 4.79 Å². The number of halogens is 4. The number of rotatable bonds is 5.